The van der Waals surface area contributed by atoms with Crippen LogP contribution in [0.4, 0.5) is 0 Å². The van der Waals surface area contributed by atoms with Crippen molar-refractivity contribution in [2.75, 3.05) is 13.7 Å². The second kappa shape index (κ2) is 12.4. The Morgan fingerprint density at radius 2 is 1.69 bits per heavy atom. The predicted molar refractivity (Wildman–Crippen MR) is 144 cm³/mol. The lowest BCUT2D eigenvalue weighted by Crippen LogP contribution is -2.51. The minimum Gasteiger partial charge on any atom is -0.484 e. The third-order valence-corrected chi connectivity index (χ3v) is 7.48. The second-order valence-electron chi connectivity index (χ2n) is 8.24. The maximum Gasteiger partial charge on any atom is 0.261 e. The second-order valence-corrected chi connectivity index (χ2v) is 9.87. The molecular weight excluding hydrogens is 551 g/mol. The van der Waals surface area contributed by atoms with Gasteiger partial charge in [0.25, 0.3) is 5.91 Å². The molecule has 0 spiro atoms. The number of ether oxygens (including phenoxy) is 1. The van der Waals surface area contributed by atoms with Crippen LogP contribution in [0, 0.1) is 13.8 Å². The Morgan fingerprint density at radius 3 is 2.29 bits per heavy atom. The molecule has 0 saturated heterocycles. The fourth-order valence-electron chi connectivity index (χ4n) is 3.77. The molecule has 1 atom stereocenters. The molecular formula is C27H27BrCl2N2O3. The Bertz CT molecular complexity index is 1180. The third-order valence-electron chi connectivity index (χ3n) is 5.65. The van der Waals surface area contributed by atoms with Crippen molar-refractivity contribution in [2.45, 2.75) is 32.9 Å². The van der Waals surface area contributed by atoms with Gasteiger partial charge in [-0.05, 0) is 60.4 Å². The number of rotatable bonds is 9. The maximum atomic E-state index is 13.5. The summed E-state index contributed by atoms with van der Waals surface area (Å²) in [4.78, 5) is 28.0. The summed E-state index contributed by atoms with van der Waals surface area (Å²) in [5.74, 6) is -0.0260. The van der Waals surface area contributed by atoms with Crippen molar-refractivity contribution in [2.24, 2.45) is 0 Å². The summed E-state index contributed by atoms with van der Waals surface area (Å²) in [7, 11) is 1.56. The van der Waals surface area contributed by atoms with Crippen molar-refractivity contribution >= 4 is 50.9 Å². The normalized spacial score (nSPS) is 11.6. The lowest BCUT2D eigenvalue weighted by atomic mass is 10.0. The number of hydrogen-bond donors (Lipinski definition) is 1. The third kappa shape index (κ3) is 7.23. The Kier molecular flexibility index (Phi) is 9.61. The summed E-state index contributed by atoms with van der Waals surface area (Å²) in [5, 5.41) is 3.61. The van der Waals surface area contributed by atoms with Crippen LogP contribution in [0.5, 0.6) is 5.75 Å². The molecule has 3 rings (SSSR count). The molecule has 3 aromatic rings. The number of likely N-dealkylation sites (N-methyl/N-ethyl adjacent to an activating group) is 1. The van der Waals surface area contributed by atoms with E-state index in [4.69, 9.17) is 27.9 Å². The van der Waals surface area contributed by atoms with Crippen molar-refractivity contribution in [3.63, 3.8) is 0 Å². The largest absolute Gasteiger partial charge is 0.484 e. The van der Waals surface area contributed by atoms with Crippen molar-refractivity contribution in [1.29, 1.82) is 0 Å². The van der Waals surface area contributed by atoms with E-state index in [0.29, 0.717) is 27.8 Å². The zero-order chi connectivity index (χ0) is 25.5. The number of aryl methyl sites for hydroxylation is 2. The average molecular weight is 578 g/mol. The molecule has 0 aliphatic carbocycles. The first-order valence-corrected chi connectivity index (χ1v) is 12.6. The van der Waals surface area contributed by atoms with Gasteiger partial charge in [0.1, 0.15) is 11.8 Å². The monoisotopic (exact) mass is 576 g/mol. The first kappa shape index (κ1) is 27.1. The number of amides is 2. The van der Waals surface area contributed by atoms with Crippen molar-refractivity contribution in [3.05, 3.63) is 97.4 Å². The van der Waals surface area contributed by atoms with Crippen LogP contribution in [0.25, 0.3) is 0 Å². The quantitative estimate of drug-likeness (QED) is 0.332. The van der Waals surface area contributed by atoms with E-state index in [1.165, 1.54) is 4.90 Å². The lowest BCUT2D eigenvalue weighted by Gasteiger charge is -2.31. The van der Waals surface area contributed by atoms with Gasteiger partial charge in [0, 0.05) is 34.5 Å². The summed E-state index contributed by atoms with van der Waals surface area (Å²) in [6.45, 7) is 3.82. The van der Waals surface area contributed by atoms with Gasteiger partial charge in [0.15, 0.2) is 6.61 Å². The van der Waals surface area contributed by atoms with Crippen LogP contribution in [-0.2, 0) is 22.6 Å². The predicted octanol–water partition coefficient (Wildman–Crippen LogP) is 6.14. The van der Waals surface area contributed by atoms with Crippen molar-refractivity contribution < 1.29 is 14.3 Å². The first-order chi connectivity index (χ1) is 16.7. The van der Waals surface area contributed by atoms with Gasteiger partial charge in [-0.3, -0.25) is 9.59 Å². The summed E-state index contributed by atoms with van der Waals surface area (Å²) in [6.07, 6.45) is 0.341. The number of carbonyl (C=O) groups is 2. The lowest BCUT2D eigenvalue weighted by molar-refractivity contribution is -0.142. The van der Waals surface area contributed by atoms with Gasteiger partial charge in [-0.1, -0.05) is 75.5 Å². The number of nitrogens with one attached hydrogen (secondary N) is 1. The van der Waals surface area contributed by atoms with Crippen LogP contribution in [0.1, 0.15) is 22.3 Å². The Morgan fingerprint density at radius 1 is 1.03 bits per heavy atom. The van der Waals surface area contributed by atoms with E-state index in [1.807, 2.05) is 56.3 Å². The van der Waals surface area contributed by atoms with E-state index in [0.717, 1.165) is 21.2 Å². The molecule has 0 fully saturated rings. The fourth-order valence-corrected chi connectivity index (χ4v) is 4.47. The van der Waals surface area contributed by atoms with Crippen LogP contribution in [0.2, 0.25) is 10.0 Å². The summed E-state index contributed by atoms with van der Waals surface area (Å²) >= 11 is 16.0. The summed E-state index contributed by atoms with van der Waals surface area (Å²) < 4.78 is 6.87. The molecule has 0 aliphatic heterocycles. The van der Waals surface area contributed by atoms with Gasteiger partial charge < -0.3 is 15.0 Å². The van der Waals surface area contributed by atoms with E-state index in [1.54, 1.807) is 25.2 Å². The van der Waals surface area contributed by atoms with E-state index in [2.05, 4.69) is 21.2 Å². The number of hydrogen-bond acceptors (Lipinski definition) is 3. The average Bonchev–Trinajstić information content (AvgIpc) is 2.84. The molecule has 0 saturated carbocycles. The molecule has 1 N–H and O–H groups in total. The highest BCUT2D eigenvalue weighted by atomic mass is 79.9. The molecule has 5 nitrogen and oxygen atoms in total. The van der Waals surface area contributed by atoms with Crippen LogP contribution < -0.4 is 10.1 Å². The minimum atomic E-state index is -0.765. The van der Waals surface area contributed by atoms with Gasteiger partial charge in [-0.25, -0.2) is 0 Å². The molecule has 3 aromatic carbocycles. The molecule has 8 heteroatoms. The van der Waals surface area contributed by atoms with E-state index in [-0.39, 0.29) is 25.0 Å². The van der Waals surface area contributed by atoms with Crippen LogP contribution in [0.15, 0.2) is 65.1 Å². The Labute approximate surface area is 224 Å². The van der Waals surface area contributed by atoms with Gasteiger partial charge in [0.05, 0.1) is 0 Å². The molecule has 184 valence electrons. The standard InChI is InChI=1S/C27H27BrCl2N2O3/c1-17-11-22(12-18(2)26(17)28)35-16-25(33)32(15-20-9-10-21(29)14-23(20)30)24(27(34)31-3)13-19-7-5-4-6-8-19/h4-12,14,24H,13,15-16H2,1-3H3,(H,31,34)/t24-/m0/s1. The van der Waals surface area contributed by atoms with Gasteiger partial charge >= 0.3 is 0 Å². The van der Waals surface area contributed by atoms with Crippen molar-refractivity contribution in [1.82, 2.24) is 10.2 Å². The van der Waals surface area contributed by atoms with E-state index < -0.39 is 6.04 Å². The van der Waals surface area contributed by atoms with E-state index >= 15 is 0 Å². The van der Waals surface area contributed by atoms with Crippen molar-refractivity contribution in [3.8, 4) is 5.75 Å². The summed E-state index contributed by atoms with van der Waals surface area (Å²) in [6, 6.07) is 17.6. The van der Waals surface area contributed by atoms with Crippen LogP contribution in [0.3, 0.4) is 0 Å². The molecule has 0 unspecified atom stereocenters. The first-order valence-electron chi connectivity index (χ1n) is 11.1. The van der Waals surface area contributed by atoms with Gasteiger partial charge in [-0.2, -0.15) is 0 Å². The molecule has 0 radical (unpaired) electrons. The molecule has 0 aromatic heterocycles. The molecule has 2 amide bonds. The number of halogens is 3. The molecule has 0 bridgehead atoms. The Hall–Kier alpha value is -2.54. The number of benzene rings is 3. The minimum absolute atomic E-state index is 0.126. The Balaban J connectivity index is 1.91. The topological polar surface area (TPSA) is 58.6 Å². The highest BCUT2D eigenvalue weighted by Crippen LogP contribution is 2.27. The smallest absolute Gasteiger partial charge is 0.261 e. The molecule has 0 heterocycles. The maximum absolute atomic E-state index is 13.5. The summed E-state index contributed by atoms with van der Waals surface area (Å²) in [5.41, 5.74) is 3.62. The molecule has 0 aliphatic rings. The fraction of sp³-hybridized carbons (Fsp3) is 0.259. The van der Waals surface area contributed by atoms with Crippen LogP contribution in [-0.4, -0.2) is 36.4 Å². The highest BCUT2D eigenvalue weighted by molar-refractivity contribution is 9.10. The number of carbonyl (C=O) groups excluding carboxylic acids is 2. The SMILES string of the molecule is CNC(=O)[C@H](Cc1ccccc1)N(Cc1ccc(Cl)cc1Cl)C(=O)COc1cc(C)c(Br)c(C)c1. The number of nitrogens with zero attached hydrogens (tertiary/aromatic N) is 1. The van der Waals surface area contributed by atoms with E-state index in [9.17, 15) is 9.59 Å². The van der Waals surface area contributed by atoms with Crippen LogP contribution >= 0.6 is 39.1 Å². The molecule has 35 heavy (non-hydrogen) atoms. The zero-order valence-corrected chi connectivity index (χ0v) is 22.9. The van der Waals surface area contributed by atoms with Gasteiger partial charge in [-0.15, -0.1) is 0 Å². The van der Waals surface area contributed by atoms with Gasteiger partial charge in [0.2, 0.25) is 5.91 Å². The zero-order valence-electron chi connectivity index (χ0n) is 19.8. The highest BCUT2D eigenvalue weighted by Gasteiger charge is 2.30.